The predicted molar refractivity (Wildman–Crippen MR) is 175 cm³/mol. The topological polar surface area (TPSA) is 54.0 Å². The van der Waals surface area contributed by atoms with Gasteiger partial charge in [0.25, 0.3) is 0 Å². The van der Waals surface area contributed by atoms with Crippen LogP contribution in [0.1, 0.15) is 143 Å². The average Bonchev–Trinajstić information content (AvgIpc) is 3.46. The first-order chi connectivity index (χ1) is 21.9. The van der Waals surface area contributed by atoms with Crippen LogP contribution in [0, 0.1) is 41.4 Å². The molecule has 5 nitrogen and oxygen atoms in total. The van der Waals surface area contributed by atoms with E-state index < -0.39 is 5.97 Å². The van der Waals surface area contributed by atoms with E-state index in [1.165, 1.54) is 82.6 Å². The highest BCUT2D eigenvalue weighted by atomic mass is 16.9. The molecule has 5 heteroatoms. The van der Waals surface area contributed by atoms with Gasteiger partial charge in [-0.3, -0.25) is 0 Å². The van der Waals surface area contributed by atoms with Crippen molar-refractivity contribution in [3.05, 3.63) is 33.6 Å². The number of hydrogen-bond acceptors (Lipinski definition) is 5. The van der Waals surface area contributed by atoms with Gasteiger partial charge in [-0.25, -0.2) is 4.79 Å². The number of rotatable bonds is 3. The Kier molecular flexibility index (Phi) is 8.29. The summed E-state index contributed by atoms with van der Waals surface area (Å²) in [5, 5.41) is 0. The minimum atomic E-state index is -1.44. The van der Waals surface area contributed by atoms with Crippen LogP contribution in [-0.4, -0.2) is 30.3 Å². The van der Waals surface area contributed by atoms with Gasteiger partial charge in [-0.2, -0.15) is 0 Å². The molecule has 0 bridgehead atoms. The summed E-state index contributed by atoms with van der Waals surface area (Å²) in [6, 6.07) is 0. The Morgan fingerprint density at radius 2 is 1.31 bits per heavy atom. The van der Waals surface area contributed by atoms with Crippen molar-refractivity contribution in [1.82, 2.24) is 0 Å². The highest BCUT2D eigenvalue weighted by Gasteiger charge is 2.63. The third-order valence-corrected chi connectivity index (χ3v) is 13.9. The molecule has 7 fully saturated rings. The fourth-order valence-electron chi connectivity index (χ4n) is 12.3. The van der Waals surface area contributed by atoms with Gasteiger partial charge in [0.05, 0.1) is 29.1 Å². The van der Waals surface area contributed by atoms with E-state index in [4.69, 9.17) is 18.9 Å². The van der Waals surface area contributed by atoms with Gasteiger partial charge in [0.2, 0.25) is 0 Å². The number of hydrogen-bond donors (Lipinski definition) is 0. The van der Waals surface area contributed by atoms with Crippen molar-refractivity contribution in [2.24, 2.45) is 41.4 Å². The smallest absolute Gasteiger partial charge is 0.360 e. The fourth-order valence-corrected chi connectivity index (χ4v) is 12.3. The highest BCUT2D eigenvalue weighted by molar-refractivity contribution is 5.99. The van der Waals surface area contributed by atoms with Gasteiger partial charge < -0.3 is 18.9 Å². The second-order valence-corrected chi connectivity index (χ2v) is 16.5. The van der Waals surface area contributed by atoms with Gasteiger partial charge in [0, 0.05) is 11.5 Å². The first kappa shape index (κ1) is 30.7. The molecule has 0 aromatic carbocycles. The maximum Gasteiger partial charge on any atom is 0.360 e. The maximum atomic E-state index is 14.5. The van der Waals surface area contributed by atoms with Crippen molar-refractivity contribution >= 4 is 5.97 Å². The van der Waals surface area contributed by atoms with E-state index in [0.717, 1.165) is 78.4 Å². The zero-order valence-corrected chi connectivity index (χ0v) is 28.5. The summed E-state index contributed by atoms with van der Waals surface area (Å²) in [6.45, 7) is 8.63. The number of allylic oxidation sites excluding steroid dienone is 3. The first-order valence-electron chi connectivity index (χ1n) is 19.3. The molecule has 5 saturated carbocycles. The molecule has 0 radical (unpaired) electrons. The lowest BCUT2D eigenvalue weighted by molar-refractivity contribution is -0.353. The fraction of sp³-hybridized carbons (Fsp3) is 0.825. The van der Waals surface area contributed by atoms with Crippen molar-refractivity contribution < 1.29 is 23.7 Å². The highest BCUT2D eigenvalue weighted by Crippen LogP contribution is 2.60. The minimum absolute atomic E-state index is 0.0784. The Hall–Kier alpha value is -1.59. The first-order valence-corrected chi connectivity index (χ1v) is 19.3. The van der Waals surface area contributed by atoms with Crippen molar-refractivity contribution in [1.29, 1.82) is 0 Å². The van der Waals surface area contributed by atoms with E-state index in [1.807, 2.05) is 0 Å². The number of carbonyl (C=O) groups is 1. The zero-order valence-electron chi connectivity index (χ0n) is 28.5. The molecule has 3 heterocycles. The monoisotopic (exact) mass is 618 g/mol. The van der Waals surface area contributed by atoms with E-state index in [9.17, 15) is 4.79 Å². The maximum absolute atomic E-state index is 14.5. The number of esters is 1. The van der Waals surface area contributed by atoms with Crippen LogP contribution in [0.15, 0.2) is 33.6 Å². The molecule has 0 aromatic rings. The Labute approximate surface area is 271 Å². The van der Waals surface area contributed by atoms with E-state index in [1.54, 1.807) is 0 Å². The molecule has 248 valence electrons. The summed E-state index contributed by atoms with van der Waals surface area (Å²) in [5.74, 6) is 3.79. The van der Waals surface area contributed by atoms with Crippen LogP contribution in [0.25, 0.3) is 0 Å². The molecule has 0 aromatic heterocycles. The normalized spacial score (nSPS) is 45.4. The van der Waals surface area contributed by atoms with Crippen LogP contribution < -0.4 is 0 Å². The van der Waals surface area contributed by atoms with Crippen LogP contribution in [-0.2, 0) is 23.7 Å². The van der Waals surface area contributed by atoms with Crippen LogP contribution >= 0.6 is 0 Å². The van der Waals surface area contributed by atoms with E-state index in [-0.39, 0.29) is 24.3 Å². The summed E-state index contributed by atoms with van der Waals surface area (Å²) in [4.78, 5) is 14.5. The third-order valence-electron chi connectivity index (χ3n) is 13.9. The van der Waals surface area contributed by atoms with E-state index in [0.29, 0.717) is 29.6 Å². The second-order valence-electron chi connectivity index (χ2n) is 16.5. The second kappa shape index (κ2) is 12.1. The summed E-state index contributed by atoms with van der Waals surface area (Å²) in [5.41, 5.74) is 5.10. The lowest BCUT2D eigenvalue weighted by Crippen LogP contribution is -2.51. The number of fused-ring (bicyclic) bond motifs is 8. The van der Waals surface area contributed by atoms with Crippen LogP contribution in [0.5, 0.6) is 0 Å². The molecule has 45 heavy (non-hydrogen) atoms. The molecule has 3 aliphatic heterocycles. The molecule has 5 aliphatic carbocycles. The summed E-state index contributed by atoms with van der Waals surface area (Å²) >= 11 is 0. The summed E-state index contributed by atoms with van der Waals surface area (Å²) in [6.07, 6.45) is 22.4. The Bertz CT molecular complexity index is 1230. The number of carbonyl (C=O) groups excluding carboxylic acids is 1. The Morgan fingerprint density at radius 1 is 0.733 bits per heavy atom. The standard InChI is InChI=1S/C40H58O5/c1-5-12-30(34-24(4)42-31-18-11-10-17-29(31)34)37-38(23(2)3)40(45-39(37)41)43-32-21-19-25-13-6-8-15-27(25)35(32)36-28-16-9-7-14-26(28)20-22-33(36)44-40/h25-29,31-33,35-36H,5-22H2,1-4H3/t25?,26?,27?,28?,29?,31?,32-,33?,35?,36?,40?/m1/s1. The lowest BCUT2D eigenvalue weighted by atomic mass is 9.53. The van der Waals surface area contributed by atoms with Gasteiger partial charge in [-0.05, 0) is 126 Å². The minimum Gasteiger partial charge on any atom is -0.494 e. The SMILES string of the molecule is CCCC(=C1C(=O)OC2(OC3CCC4CCCCC4C3C3C4CCCCC4CC[C@H]3O2)C1=C(C)C)C1=C(C)OC2CCCCC12. The zero-order chi connectivity index (χ0) is 30.9. The predicted octanol–water partition coefficient (Wildman–Crippen LogP) is 9.71. The van der Waals surface area contributed by atoms with Crippen molar-refractivity contribution in [2.75, 3.05) is 0 Å². The van der Waals surface area contributed by atoms with Crippen molar-refractivity contribution in [3.63, 3.8) is 0 Å². The molecule has 0 amide bonds. The molecule has 8 rings (SSSR count). The largest absolute Gasteiger partial charge is 0.494 e. The van der Waals surface area contributed by atoms with Crippen LogP contribution in [0.3, 0.4) is 0 Å². The van der Waals surface area contributed by atoms with Gasteiger partial charge in [0.1, 0.15) is 6.10 Å². The summed E-state index contributed by atoms with van der Waals surface area (Å²) in [7, 11) is 0. The molecule has 1 spiro atoms. The molecule has 0 N–H and O–H groups in total. The van der Waals surface area contributed by atoms with Crippen LogP contribution in [0.2, 0.25) is 0 Å². The molecular formula is C40H58O5. The van der Waals surface area contributed by atoms with Crippen molar-refractivity contribution in [3.8, 4) is 0 Å². The van der Waals surface area contributed by atoms with E-state index in [2.05, 4.69) is 27.7 Å². The number of ether oxygens (including phenoxy) is 4. The van der Waals surface area contributed by atoms with Gasteiger partial charge in [0.15, 0.2) is 0 Å². The molecule has 11 atom stereocenters. The Morgan fingerprint density at radius 3 is 1.91 bits per heavy atom. The third kappa shape index (κ3) is 5.02. The van der Waals surface area contributed by atoms with Gasteiger partial charge in [-0.15, -0.1) is 0 Å². The van der Waals surface area contributed by atoms with Crippen molar-refractivity contribution in [2.45, 2.75) is 168 Å². The van der Waals surface area contributed by atoms with Gasteiger partial charge >= 0.3 is 11.9 Å². The van der Waals surface area contributed by atoms with Crippen LogP contribution in [0.4, 0.5) is 0 Å². The Balaban J connectivity index is 1.24. The molecule has 8 aliphatic rings. The molecule has 2 saturated heterocycles. The average molecular weight is 619 g/mol. The van der Waals surface area contributed by atoms with E-state index >= 15 is 0 Å². The van der Waals surface area contributed by atoms with Gasteiger partial charge in [-0.1, -0.05) is 63.9 Å². The molecular weight excluding hydrogens is 560 g/mol. The summed E-state index contributed by atoms with van der Waals surface area (Å²) < 4.78 is 27.9. The lowest BCUT2D eigenvalue weighted by Gasteiger charge is -2.53. The molecule has 10 unspecified atom stereocenters. The quantitative estimate of drug-likeness (QED) is 0.233.